The lowest BCUT2D eigenvalue weighted by atomic mass is 9.86. The van der Waals surface area contributed by atoms with Gasteiger partial charge in [0.15, 0.2) is 0 Å². The molecule has 0 saturated carbocycles. The largest absolute Gasteiger partial charge is 0.115 e. The summed E-state index contributed by atoms with van der Waals surface area (Å²) in [6.07, 6.45) is 9.95. The van der Waals surface area contributed by atoms with E-state index in [0.717, 1.165) is 17.2 Å². The van der Waals surface area contributed by atoms with Gasteiger partial charge in [-0.05, 0) is 67.9 Å². The summed E-state index contributed by atoms with van der Waals surface area (Å²) in [6.45, 7) is 9.20. The first-order valence-electron chi connectivity index (χ1n) is 8.98. The molecular weight excluding hydrogens is 271 g/mol. The molecule has 0 radical (unpaired) electrons. The maximum absolute atomic E-state index is 2.43. The number of aryl methyl sites for hydroxylation is 2. The summed E-state index contributed by atoms with van der Waals surface area (Å²) in [7, 11) is 1.21. The fraction of sp³-hybridized carbons (Fsp3) is 0.700. The van der Waals surface area contributed by atoms with Gasteiger partial charge in [0.25, 0.3) is 0 Å². The van der Waals surface area contributed by atoms with Crippen molar-refractivity contribution in [3.63, 3.8) is 0 Å². The second-order valence-corrected chi connectivity index (χ2v) is 8.84. The molecule has 0 aliphatic carbocycles. The Morgan fingerprint density at radius 2 is 1.95 bits per heavy atom. The molecule has 0 amide bonds. The highest BCUT2D eigenvalue weighted by atomic mass is 31.1. The van der Waals surface area contributed by atoms with Crippen LogP contribution < -0.4 is 0 Å². The van der Waals surface area contributed by atoms with Crippen LogP contribution in [-0.4, -0.2) is 11.3 Å². The fourth-order valence-corrected chi connectivity index (χ4v) is 6.19. The quantitative estimate of drug-likeness (QED) is 0.499. The molecule has 1 aliphatic heterocycles. The third-order valence-electron chi connectivity index (χ3n) is 5.09. The van der Waals surface area contributed by atoms with Gasteiger partial charge in [-0.25, -0.2) is 0 Å². The van der Waals surface area contributed by atoms with Crippen molar-refractivity contribution in [1.82, 2.24) is 0 Å². The van der Waals surface area contributed by atoms with Gasteiger partial charge in [0.2, 0.25) is 0 Å². The zero-order chi connectivity index (χ0) is 15.2. The molecule has 118 valence electrons. The highest BCUT2D eigenvalue weighted by Crippen LogP contribution is 2.50. The van der Waals surface area contributed by atoms with Crippen LogP contribution in [0.4, 0.5) is 0 Å². The Hall–Kier alpha value is -0.350. The molecule has 1 aromatic rings. The van der Waals surface area contributed by atoms with Crippen molar-refractivity contribution in [3.05, 3.63) is 34.9 Å². The molecule has 1 heteroatoms. The second-order valence-electron chi connectivity index (χ2n) is 6.94. The Morgan fingerprint density at radius 3 is 2.62 bits per heavy atom. The molecule has 1 heterocycles. The fourth-order valence-electron chi connectivity index (χ4n) is 3.97. The van der Waals surface area contributed by atoms with E-state index in [1.165, 1.54) is 64.7 Å². The summed E-state index contributed by atoms with van der Waals surface area (Å²) in [5.41, 5.74) is 6.58. The van der Waals surface area contributed by atoms with Gasteiger partial charge in [-0.15, -0.1) is 8.58 Å². The smallest absolute Gasteiger partial charge is 0.00940 e. The average molecular weight is 304 g/mol. The topological polar surface area (TPSA) is 0 Å². The standard InChI is InChI=1S/C20H33P/c1-5-7-9-17-11-13-20(21-17)19(8-6-2)18-12-10-15(3)14-16(18)4/h10,12,14,17,19-21H,5-9,11,13H2,1-4H3. The van der Waals surface area contributed by atoms with Crippen LogP contribution in [0, 0.1) is 13.8 Å². The van der Waals surface area contributed by atoms with Gasteiger partial charge in [0, 0.05) is 0 Å². The molecule has 0 aromatic heterocycles. The monoisotopic (exact) mass is 304 g/mol. The van der Waals surface area contributed by atoms with Gasteiger partial charge in [-0.1, -0.05) is 56.9 Å². The van der Waals surface area contributed by atoms with Crippen molar-refractivity contribution in [2.45, 2.75) is 89.9 Å². The van der Waals surface area contributed by atoms with Gasteiger partial charge < -0.3 is 0 Å². The number of rotatable bonds is 7. The predicted molar refractivity (Wildman–Crippen MR) is 98.2 cm³/mol. The maximum Gasteiger partial charge on any atom is -0.00940 e. The van der Waals surface area contributed by atoms with E-state index >= 15 is 0 Å². The lowest BCUT2D eigenvalue weighted by Gasteiger charge is -2.26. The second kappa shape index (κ2) is 8.33. The molecule has 2 rings (SSSR count). The van der Waals surface area contributed by atoms with Crippen LogP contribution in [0.5, 0.6) is 0 Å². The Labute approximate surface area is 133 Å². The van der Waals surface area contributed by atoms with Crippen molar-refractivity contribution in [3.8, 4) is 0 Å². The van der Waals surface area contributed by atoms with Crippen LogP contribution >= 0.6 is 8.58 Å². The van der Waals surface area contributed by atoms with Gasteiger partial charge in [-0.3, -0.25) is 0 Å². The predicted octanol–water partition coefficient (Wildman–Crippen LogP) is 6.59. The van der Waals surface area contributed by atoms with Crippen molar-refractivity contribution in [1.29, 1.82) is 0 Å². The molecule has 4 unspecified atom stereocenters. The zero-order valence-corrected chi connectivity index (χ0v) is 15.4. The molecule has 21 heavy (non-hydrogen) atoms. The Kier molecular flexibility index (Phi) is 6.74. The lowest BCUT2D eigenvalue weighted by molar-refractivity contribution is 0.555. The number of hydrogen-bond donors (Lipinski definition) is 0. The SMILES string of the molecule is CCCCC1CCC(C(CCC)c2ccc(C)cc2C)P1. The van der Waals surface area contributed by atoms with E-state index < -0.39 is 0 Å². The molecule has 1 aromatic carbocycles. The number of benzene rings is 1. The van der Waals surface area contributed by atoms with Gasteiger partial charge in [0.1, 0.15) is 0 Å². The molecule has 0 spiro atoms. The van der Waals surface area contributed by atoms with E-state index in [1.807, 2.05) is 0 Å². The first kappa shape index (κ1) is 17.0. The van der Waals surface area contributed by atoms with Crippen molar-refractivity contribution < 1.29 is 0 Å². The molecule has 4 atom stereocenters. The molecule has 1 fully saturated rings. The third-order valence-corrected chi connectivity index (χ3v) is 7.26. The van der Waals surface area contributed by atoms with E-state index in [4.69, 9.17) is 0 Å². The Bertz CT molecular complexity index is 437. The zero-order valence-electron chi connectivity index (χ0n) is 14.4. The van der Waals surface area contributed by atoms with Gasteiger partial charge in [0.05, 0.1) is 0 Å². The Morgan fingerprint density at radius 1 is 1.14 bits per heavy atom. The summed E-state index contributed by atoms with van der Waals surface area (Å²) in [6, 6.07) is 7.12. The van der Waals surface area contributed by atoms with E-state index in [9.17, 15) is 0 Å². The summed E-state index contributed by atoms with van der Waals surface area (Å²) < 4.78 is 0. The maximum atomic E-state index is 2.43. The van der Waals surface area contributed by atoms with E-state index in [1.54, 1.807) is 5.56 Å². The molecule has 0 bridgehead atoms. The molecular formula is C20H33P. The number of unbranched alkanes of at least 4 members (excludes halogenated alkanes) is 1. The first-order valence-corrected chi connectivity index (χ1v) is 10.1. The number of hydrogen-bond acceptors (Lipinski definition) is 0. The third kappa shape index (κ3) is 4.56. The van der Waals surface area contributed by atoms with Gasteiger partial charge >= 0.3 is 0 Å². The van der Waals surface area contributed by atoms with Crippen molar-refractivity contribution >= 4 is 8.58 Å². The molecule has 1 saturated heterocycles. The van der Waals surface area contributed by atoms with Crippen LogP contribution in [0.1, 0.15) is 81.4 Å². The molecule has 0 N–H and O–H groups in total. The highest BCUT2D eigenvalue weighted by Gasteiger charge is 2.31. The molecule has 1 aliphatic rings. The lowest BCUT2D eigenvalue weighted by Crippen LogP contribution is -2.13. The van der Waals surface area contributed by atoms with E-state index in [2.05, 4.69) is 45.9 Å². The van der Waals surface area contributed by atoms with Crippen LogP contribution in [-0.2, 0) is 0 Å². The average Bonchev–Trinajstić information content (AvgIpc) is 2.92. The van der Waals surface area contributed by atoms with Crippen LogP contribution in [0.3, 0.4) is 0 Å². The van der Waals surface area contributed by atoms with Crippen molar-refractivity contribution in [2.75, 3.05) is 0 Å². The van der Waals surface area contributed by atoms with Gasteiger partial charge in [-0.2, -0.15) is 0 Å². The minimum atomic E-state index is 0.820. The summed E-state index contributed by atoms with van der Waals surface area (Å²) >= 11 is 0. The normalized spacial score (nSPS) is 24.6. The van der Waals surface area contributed by atoms with E-state index in [0.29, 0.717) is 0 Å². The highest BCUT2D eigenvalue weighted by molar-refractivity contribution is 7.40. The van der Waals surface area contributed by atoms with Crippen molar-refractivity contribution in [2.24, 2.45) is 0 Å². The summed E-state index contributed by atoms with van der Waals surface area (Å²) in [4.78, 5) is 0. The minimum absolute atomic E-state index is 0.820. The molecule has 0 nitrogen and oxygen atoms in total. The first-order chi connectivity index (χ1) is 10.2. The Balaban J connectivity index is 2.09. The van der Waals surface area contributed by atoms with Crippen LogP contribution in [0.15, 0.2) is 18.2 Å². The van der Waals surface area contributed by atoms with Crippen LogP contribution in [0.25, 0.3) is 0 Å². The summed E-state index contributed by atoms with van der Waals surface area (Å²) in [5, 5.41) is 0. The van der Waals surface area contributed by atoms with Crippen LogP contribution in [0.2, 0.25) is 0 Å². The minimum Gasteiger partial charge on any atom is -0.115 e. The summed E-state index contributed by atoms with van der Waals surface area (Å²) in [5.74, 6) is 0.820. The van der Waals surface area contributed by atoms with E-state index in [-0.39, 0.29) is 0 Å².